The highest BCUT2D eigenvalue weighted by molar-refractivity contribution is 6.04. The Kier molecular flexibility index (Phi) is 13.3. The molecule has 1 amide bonds. The number of unbranched alkanes of at least 4 members (excludes halogenated alkanes) is 1. The van der Waals surface area contributed by atoms with Gasteiger partial charge >= 0.3 is 0 Å². The number of aliphatic imine (C=N–C) groups is 1. The van der Waals surface area contributed by atoms with Gasteiger partial charge in [0.15, 0.2) is 6.29 Å². The summed E-state index contributed by atoms with van der Waals surface area (Å²) in [6.45, 7) is 9.77. The van der Waals surface area contributed by atoms with Crippen molar-refractivity contribution in [1.82, 2.24) is 10.2 Å². The molecule has 1 unspecified atom stereocenters. The molecule has 0 aliphatic heterocycles. The lowest BCUT2D eigenvalue weighted by atomic mass is 9.96. The summed E-state index contributed by atoms with van der Waals surface area (Å²) in [5.41, 5.74) is 16.7. The number of hydrogen-bond acceptors (Lipinski definition) is 7. The van der Waals surface area contributed by atoms with Gasteiger partial charge in [0, 0.05) is 29.5 Å². The van der Waals surface area contributed by atoms with E-state index in [1.807, 2.05) is 38.1 Å². The van der Waals surface area contributed by atoms with Crippen molar-refractivity contribution in [3.8, 4) is 5.75 Å². The lowest BCUT2D eigenvalue weighted by Gasteiger charge is -2.16. The number of aliphatic hydroxyl groups is 1. The van der Waals surface area contributed by atoms with Crippen LogP contribution < -0.4 is 16.2 Å². The van der Waals surface area contributed by atoms with Crippen molar-refractivity contribution >= 4 is 34.5 Å². The second kappa shape index (κ2) is 15.9. The van der Waals surface area contributed by atoms with Gasteiger partial charge in [-0.25, -0.2) is 0 Å². The highest BCUT2D eigenvalue weighted by atomic mass is 16.5. The quantitative estimate of drug-likeness (QED) is 0.251. The second-order valence-electron chi connectivity index (χ2n) is 8.22. The van der Waals surface area contributed by atoms with Crippen molar-refractivity contribution in [2.45, 2.75) is 47.5 Å². The first-order valence-corrected chi connectivity index (χ1v) is 12.1. The third-order valence-corrected chi connectivity index (χ3v) is 5.59. The molecule has 0 saturated heterocycles. The number of benzene rings is 2. The smallest absolute Gasteiger partial charge is 0.226 e. The van der Waals surface area contributed by atoms with E-state index in [0.29, 0.717) is 23.4 Å². The van der Waals surface area contributed by atoms with Crippen LogP contribution >= 0.6 is 0 Å². The number of carbonyl (C=O) groups excluding carboxylic acids is 2. The molecule has 3 aromatic rings. The molecule has 200 valence electrons. The predicted octanol–water partition coefficient (Wildman–Crippen LogP) is 4.12. The fraction of sp³-hybridized carbons (Fsp3) is 0.357. The minimum atomic E-state index is -0.713. The number of amides is 1. The Balaban J connectivity index is 0.00000104. The van der Waals surface area contributed by atoms with E-state index < -0.39 is 11.8 Å². The van der Waals surface area contributed by atoms with Crippen LogP contribution in [0, 0.1) is 12.8 Å². The fourth-order valence-corrected chi connectivity index (χ4v) is 3.24. The lowest BCUT2D eigenvalue weighted by Crippen LogP contribution is -2.26. The van der Waals surface area contributed by atoms with Crippen molar-refractivity contribution < 1.29 is 19.4 Å². The summed E-state index contributed by atoms with van der Waals surface area (Å²) in [6, 6.07) is 11.1. The van der Waals surface area contributed by atoms with Crippen LogP contribution in [0.5, 0.6) is 5.75 Å². The number of aryl methyl sites for hydroxylation is 1. The third-order valence-electron chi connectivity index (χ3n) is 5.59. The van der Waals surface area contributed by atoms with Gasteiger partial charge in [-0.05, 0) is 50.1 Å². The van der Waals surface area contributed by atoms with Gasteiger partial charge in [-0.2, -0.15) is 5.10 Å². The monoisotopic (exact) mass is 509 g/mol. The number of aliphatic hydroxyl groups excluding tert-OH is 1. The number of nitrogens with zero attached hydrogens (tertiary/aromatic N) is 2. The molecule has 37 heavy (non-hydrogen) atoms. The van der Waals surface area contributed by atoms with Gasteiger partial charge in [-0.3, -0.25) is 19.7 Å². The van der Waals surface area contributed by atoms with E-state index in [1.165, 1.54) is 12.8 Å². The zero-order chi connectivity index (χ0) is 28.0. The van der Waals surface area contributed by atoms with E-state index in [1.54, 1.807) is 25.3 Å². The number of aromatic nitrogens is 2. The van der Waals surface area contributed by atoms with E-state index in [0.717, 1.165) is 34.7 Å². The van der Waals surface area contributed by atoms with E-state index in [-0.39, 0.29) is 12.3 Å². The van der Waals surface area contributed by atoms with Crippen LogP contribution in [0.15, 0.2) is 53.3 Å². The van der Waals surface area contributed by atoms with E-state index in [9.17, 15) is 9.59 Å². The topological polar surface area (TPSA) is 157 Å². The second-order valence-corrected chi connectivity index (χ2v) is 8.22. The molecule has 0 spiro atoms. The Morgan fingerprint density at radius 3 is 2.46 bits per heavy atom. The molecule has 3 rings (SSSR count). The zero-order valence-corrected chi connectivity index (χ0v) is 22.5. The maximum Gasteiger partial charge on any atom is 0.226 e. The molecule has 0 fully saturated rings. The number of aromatic amines is 1. The van der Waals surface area contributed by atoms with E-state index >= 15 is 0 Å². The molecular formula is C28H39N5O4. The summed E-state index contributed by atoms with van der Waals surface area (Å²) in [6.07, 6.45) is 5.04. The number of fused-ring (bicyclic) bond motifs is 1. The first kappa shape index (κ1) is 31.1. The zero-order valence-electron chi connectivity index (χ0n) is 22.5. The normalized spacial score (nSPS) is 12.4. The molecule has 6 N–H and O–H groups in total. The van der Waals surface area contributed by atoms with Crippen molar-refractivity contribution in [2.75, 3.05) is 13.7 Å². The largest absolute Gasteiger partial charge is 0.486 e. The van der Waals surface area contributed by atoms with E-state index in [4.69, 9.17) is 26.3 Å². The summed E-state index contributed by atoms with van der Waals surface area (Å²) >= 11 is 0. The Bertz CT molecular complexity index is 1230. The molecule has 0 bridgehead atoms. The number of ether oxygens (including phenoxy) is 1. The molecule has 9 nitrogen and oxygen atoms in total. The summed E-state index contributed by atoms with van der Waals surface area (Å²) in [7, 11) is 1.00. The molecule has 0 aliphatic carbocycles. The highest BCUT2D eigenvalue weighted by Crippen LogP contribution is 2.32. The predicted molar refractivity (Wildman–Crippen MR) is 149 cm³/mol. The van der Waals surface area contributed by atoms with E-state index in [2.05, 4.69) is 24.0 Å². The molecule has 0 radical (unpaired) electrons. The summed E-state index contributed by atoms with van der Waals surface area (Å²) in [5, 5.41) is 14.9. The Labute approximate surface area is 218 Å². The number of aldehydes is 1. The standard InChI is InChI=1S/C23H25N5O3.C4H10.CH4O/c1-13-7-8-19-18(12-26-28-19)20(13)22(21(24)14(2)23(25)30)27-15(3)16-5-4-6-17(11-16)31-10-9-29;1-3-4-2;1-2/h4-9,11-12,14H,10,24H2,1-3H3,(H2,25,30)(H,26,28);3-4H2,1-2H3;2H,1H3/b22-21+,27-15?;;. The Morgan fingerprint density at radius 1 is 1.19 bits per heavy atom. The van der Waals surface area contributed by atoms with Crippen LogP contribution in [0.4, 0.5) is 0 Å². The van der Waals surface area contributed by atoms with Gasteiger partial charge in [-0.1, -0.05) is 44.9 Å². The number of rotatable bonds is 9. The minimum absolute atomic E-state index is 0.0322. The number of carbonyl (C=O) groups is 2. The van der Waals surface area contributed by atoms with Crippen LogP contribution in [-0.4, -0.2) is 46.9 Å². The molecule has 2 aromatic carbocycles. The number of hydrogen-bond donors (Lipinski definition) is 4. The van der Waals surface area contributed by atoms with Crippen LogP contribution in [0.1, 0.15) is 57.2 Å². The number of nitrogens with two attached hydrogens (primary N) is 2. The first-order valence-electron chi connectivity index (χ1n) is 12.1. The van der Waals surface area contributed by atoms with Crippen LogP contribution in [-0.2, 0) is 9.59 Å². The van der Waals surface area contributed by atoms with Crippen LogP contribution in [0.3, 0.4) is 0 Å². The van der Waals surface area contributed by atoms with Gasteiger partial charge in [-0.15, -0.1) is 0 Å². The van der Waals surface area contributed by atoms with Gasteiger partial charge in [0.1, 0.15) is 12.4 Å². The molecule has 1 atom stereocenters. The minimum Gasteiger partial charge on any atom is -0.486 e. The van der Waals surface area contributed by atoms with Gasteiger partial charge in [0.05, 0.1) is 23.3 Å². The van der Waals surface area contributed by atoms with Gasteiger partial charge in [0.2, 0.25) is 5.91 Å². The van der Waals surface area contributed by atoms with Crippen molar-refractivity contribution in [3.63, 3.8) is 0 Å². The van der Waals surface area contributed by atoms with Gasteiger partial charge in [0.25, 0.3) is 0 Å². The van der Waals surface area contributed by atoms with Crippen LogP contribution in [0.25, 0.3) is 16.6 Å². The fourth-order valence-electron chi connectivity index (χ4n) is 3.24. The van der Waals surface area contributed by atoms with Crippen molar-refractivity contribution in [1.29, 1.82) is 0 Å². The average Bonchev–Trinajstić information content (AvgIpc) is 3.40. The molecule has 9 heteroatoms. The average molecular weight is 510 g/mol. The van der Waals surface area contributed by atoms with Crippen molar-refractivity contribution in [2.24, 2.45) is 22.4 Å². The number of H-pyrrole nitrogens is 1. The van der Waals surface area contributed by atoms with Crippen molar-refractivity contribution in [3.05, 3.63) is 65.0 Å². The Hall–Kier alpha value is -3.98. The first-order chi connectivity index (χ1) is 17.7. The highest BCUT2D eigenvalue weighted by Gasteiger charge is 2.21. The van der Waals surface area contributed by atoms with Gasteiger partial charge < -0.3 is 21.3 Å². The van der Waals surface area contributed by atoms with Crippen LogP contribution in [0.2, 0.25) is 0 Å². The lowest BCUT2D eigenvalue weighted by molar-refractivity contribution is -0.120. The summed E-state index contributed by atoms with van der Waals surface area (Å²) < 4.78 is 5.39. The SMILES string of the molecule is CC(=N/C(=C(/N)C(C)C(N)=O)c1c(C)ccc2[nH]ncc12)c1cccc(OCC=O)c1.CCCC.CO. The third kappa shape index (κ3) is 8.57. The molecule has 0 saturated carbocycles. The molecule has 1 aromatic heterocycles. The maximum absolute atomic E-state index is 11.9. The molecule has 1 heterocycles. The maximum atomic E-state index is 11.9. The molecular weight excluding hydrogens is 470 g/mol. The summed E-state index contributed by atoms with van der Waals surface area (Å²) in [4.78, 5) is 27.3. The Morgan fingerprint density at radius 2 is 1.86 bits per heavy atom. The number of primary amides is 1. The number of nitrogens with one attached hydrogen (secondary N) is 1. The summed E-state index contributed by atoms with van der Waals surface area (Å²) in [5.74, 6) is -0.698. The molecule has 0 aliphatic rings.